The van der Waals surface area contributed by atoms with Gasteiger partial charge in [0.25, 0.3) is 0 Å². The number of hydrogen-bond acceptors (Lipinski definition) is 3. The van der Waals surface area contributed by atoms with Gasteiger partial charge >= 0.3 is 0 Å². The largest absolute Gasteiger partial charge is 0.388 e. The lowest BCUT2D eigenvalue weighted by molar-refractivity contribution is 0.0456. The molecule has 90 valence electrons. The molecule has 0 fully saturated rings. The van der Waals surface area contributed by atoms with Crippen molar-refractivity contribution in [1.29, 1.82) is 0 Å². The van der Waals surface area contributed by atoms with Crippen LogP contribution in [0.15, 0.2) is 21.2 Å². The maximum absolute atomic E-state index is 10.1. The van der Waals surface area contributed by atoms with Crippen molar-refractivity contribution in [3.8, 4) is 0 Å². The fourth-order valence-electron chi connectivity index (χ4n) is 1.29. The highest BCUT2D eigenvalue weighted by Gasteiger charge is 2.22. The normalized spacial score (nSPS) is 11.6. The first-order chi connectivity index (χ1) is 7.50. The third-order valence-electron chi connectivity index (χ3n) is 2.71. The summed E-state index contributed by atoms with van der Waals surface area (Å²) in [5.41, 5.74) is -0.659. The summed E-state index contributed by atoms with van der Waals surface area (Å²) in [7, 11) is 0. The summed E-state index contributed by atoms with van der Waals surface area (Å²) in [5.74, 6) is 0.753. The minimum atomic E-state index is -0.659. The molecule has 5 heteroatoms. The van der Waals surface area contributed by atoms with Gasteiger partial charge in [-0.1, -0.05) is 13.8 Å². The van der Waals surface area contributed by atoms with E-state index in [4.69, 9.17) is 0 Å². The molecule has 0 aromatic carbocycles. The van der Waals surface area contributed by atoms with Crippen LogP contribution in [0, 0.1) is 0 Å². The molecule has 1 aromatic heterocycles. The number of anilines is 1. The zero-order chi connectivity index (χ0) is 12.2. The van der Waals surface area contributed by atoms with Crippen molar-refractivity contribution in [3.63, 3.8) is 0 Å². The van der Waals surface area contributed by atoms with Gasteiger partial charge in [-0.15, -0.1) is 0 Å². The Morgan fingerprint density at radius 2 is 2.00 bits per heavy atom. The molecule has 0 aliphatic heterocycles. The Balaban J connectivity index is 2.67. The van der Waals surface area contributed by atoms with Gasteiger partial charge in [0.05, 0.1) is 10.1 Å². The van der Waals surface area contributed by atoms with Crippen molar-refractivity contribution >= 4 is 37.7 Å². The Hall–Kier alpha value is -0.130. The number of rotatable bonds is 5. The molecule has 0 aliphatic rings. The van der Waals surface area contributed by atoms with E-state index in [0.29, 0.717) is 6.54 Å². The van der Waals surface area contributed by atoms with E-state index in [1.165, 1.54) is 0 Å². The Bertz CT molecular complexity index is 354. The average Bonchev–Trinajstić information content (AvgIpc) is 2.27. The summed E-state index contributed by atoms with van der Waals surface area (Å²) in [5, 5.41) is 13.3. The molecule has 16 heavy (non-hydrogen) atoms. The van der Waals surface area contributed by atoms with Crippen LogP contribution in [0.3, 0.4) is 0 Å². The number of aliphatic hydroxyl groups is 1. The lowest BCUT2D eigenvalue weighted by atomic mass is 9.98. The van der Waals surface area contributed by atoms with Crippen LogP contribution in [-0.4, -0.2) is 22.2 Å². The van der Waals surface area contributed by atoms with Gasteiger partial charge in [-0.05, 0) is 50.8 Å². The second-order valence-corrected chi connectivity index (χ2v) is 5.54. The van der Waals surface area contributed by atoms with Crippen LogP contribution in [0.1, 0.15) is 26.7 Å². The predicted molar refractivity (Wildman–Crippen MR) is 73.7 cm³/mol. The SMILES string of the molecule is CCC(O)(CC)CNc1ncc(Br)cc1Br. The molecule has 0 saturated heterocycles. The highest BCUT2D eigenvalue weighted by molar-refractivity contribution is 9.11. The summed E-state index contributed by atoms with van der Waals surface area (Å²) in [6, 6.07) is 1.92. The fourth-order valence-corrected chi connectivity index (χ4v) is 2.42. The van der Waals surface area contributed by atoms with Crippen LogP contribution >= 0.6 is 31.9 Å². The van der Waals surface area contributed by atoms with Crippen molar-refractivity contribution in [2.75, 3.05) is 11.9 Å². The molecule has 0 amide bonds. The smallest absolute Gasteiger partial charge is 0.140 e. The van der Waals surface area contributed by atoms with E-state index in [1.807, 2.05) is 19.9 Å². The van der Waals surface area contributed by atoms with Crippen molar-refractivity contribution in [3.05, 3.63) is 21.2 Å². The molecule has 0 bridgehead atoms. The molecule has 2 N–H and O–H groups in total. The van der Waals surface area contributed by atoms with E-state index in [1.54, 1.807) is 6.20 Å². The number of nitrogens with zero attached hydrogens (tertiary/aromatic N) is 1. The van der Waals surface area contributed by atoms with Crippen LogP contribution < -0.4 is 5.32 Å². The van der Waals surface area contributed by atoms with E-state index in [9.17, 15) is 5.11 Å². The molecule has 0 radical (unpaired) electrons. The van der Waals surface area contributed by atoms with Crippen molar-refractivity contribution < 1.29 is 5.11 Å². The highest BCUT2D eigenvalue weighted by Crippen LogP contribution is 2.24. The molecule has 0 aliphatic carbocycles. The van der Waals surface area contributed by atoms with Crippen molar-refractivity contribution in [1.82, 2.24) is 4.98 Å². The molecule has 0 atom stereocenters. The lowest BCUT2D eigenvalue weighted by Gasteiger charge is -2.25. The maximum Gasteiger partial charge on any atom is 0.140 e. The van der Waals surface area contributed by atoms with Crippen LogP contribution in [0.25, 0.3) is 0 Å². The van der Waals surface area contributed by atoms with E-state index in [0.717, 1.165) is 27.6 Å². The summed E-state index contributed by atoms with van der Waals surface area (Å²) in [4.78, 5) is 4.23. The van der Waals surface area contributed by atoms with Gasteiger partial charge in [0.1, 0.15) is 5.82 Å². The van der Waals surface area contributed by atoms with Gasteiger partial charge in [0.2, 0.25) is 0 Å². The van der Waals surface area contributed by atoms with Crippen molar-refractivity contribution in [2.45, 2.75) is 32.3 Å². The number of aromatic nitrogens is 1. The second-order valence-electron chi connectivity index (χ2n) is 3.77. The number of nitrogens with one attached hydrogen (secondary N) is 1. The van der Waals surface area contributed by atoms with Crippen LogP contribution in [0.5, 0.6) is 0 Å². The van der Waals surface area contributed by atoms with Gasteiger partial charge in [-0.3, -0.25) is 0 Å². The highest BCUT2D eigenvalue weighted by atomic mass is 79.9. The third-order valence-corrected chi connectivity index (χ3v) is 3.75. The number of pyridine rings is 1. The van der Waals surface area contributed by atoms with Crippen LogP contribution in [0.4, 0.5) is 5.82 Å². The summed E-state index contributed by atoms with van der Waals surface area (Å²) < 4.78 is 1.81. The summed E-state index contributed by atoms with van der Waals surface area (Å²) >= 11 is 6.77. The first-order valence-electron chi connectivity index (χ1n) is 5.28. The second kappa shape index (κ2) is 5.98. The minimum absolute atomic E-state index is 0.507. The standard InChI is InChI=1S/C11H16Br2N2O/c1-3-11(16,4-2)7-15-10-9(13)5-8(12)6-14-10/h5-6,16H,3-4,7H2,1-2H3,(H,14,15). The third kappa shape index (κ3) is 3.71. The summed E-state index contributed by atoms with van der Waals surface area (Å²) in [6.45, 7) is 4.47. The molecule has 3 nitrogen and oxygen atoms in total. The Morgan fingerprint density at radius 3 is 2.50 bits per heavy atom. The minimum Gasteiger partial charge on any atom is -0.388 e. The number of hydrogen-bond donors (Lipinski definition) is 2. The van der Waals surface area contributed by atoms with E-state index < -0.39 is 5.60 Å². The molecule has 0 unspecified atom stereocenters. The Labute approximate surface area is 113 Å². The molecule has 1 heterocycles. The maximum atomic E-state index is 10.1. The Morgan fingerprint density at radius 1 is 1.38 bits per heavy atom. The molecular weight excluding hydrogens is 336 g/mol. The van der Waals surface area contributed by atoms with Gasteiger partial charge in [0, 0.05) is 17.2 Å². The lowest BCUT2D eigenvalue weighted by Crippen LogP contribution is -2.35. The van der Waals surface area contributed by atoms with Crippen molar-refractivity contribution in [2.24, 2.45) is 0 Å². The van der Waals surface area contributed by atoms with Gasteiger partial charge in [-0.2, -0.15) is 0 Å². The van der Waals surface area contributed by atoms with Crippen LogP contribution in [0.2, 0.25) is 0 Å². The van der Waals surface area contributed by atoms with E-state index in [2.05, 4.69) is 42.2 Å². The zero-order valence-electron chi connectivity index (χ0n) is 9.43. The number of halogens is 2. The topological polar surface area (TPSA) is 45.1 Å². The first-order valence-corrected chi connectivity index (χ1v) is 6.86. The summed E-state index contributed by atoms with van der Waals surface area (Å²) in [6.07, 6.45) is 3.18. The fraction of sp³-hybridized carbons (Fsp3) is 0.545. The quantitative estimate of drug-likeness (QED) is 0.852. The molecule has 0 spiro atoms. The zero-order valence-corrected chi connectivity index (χ0v) is 12.6. The van der Waals surface area contributed by atoms with Gasteiger partial charge < -0.3 is 10.4 Å². The van der Waals surface area contributed by atoms with Crippen LogP contribution in [-0.2, 0) is 0 Å². The van der Waals surface area contributed by atoms with Gasteiger partial charge in [0.15, 0.2) is 0 Å². The van der Waals surface area contributed by atoms with E-state index in [-0.39, 0.29) is 0 Å². The first kappa shape index (κ1) is 13.9. The molecule has 1 rings (SSSR count). The molecule has 0 saturated carbocycles. The average molecular weight is 352 g/mol. The molecule has 1 aromatic rings. The Kier molecular flexibility index (Phi) is 5.21. The van der Waals surface area contributed by atoms with E-state index >= 15 is 0 Å². The van der Waals surface area contributed by atoms with Gasteiger partial charge in [-0.25, -0.2) is 4.98 Å². The monoisotopic (exact) mass is 350 g/mol. The predicted octanol–water partition coefficient (Wildman–Crippen LogP) is 3.57. The molecular formula is C11H16Br2N2O.